The van der Waals surface area contributed by atoms with Crippen LogP contribution in [-0.2, 0) is 10.0 Å². The standard InChI is InChI=1S/C23H22FN7O3S/c1-17-2-8-20(9-3-17)35(32,33)31-12-10-29(11-13-31)23-27-21(30-15-25-26-16-30)14-22(28-23)34-19-6-4-18(24)5-7-19/h2-9,14-16H,10-13H2,1H3. The Morgan fingerprint density at radius 2 is 1.54 bits per heavy atom. The highest BCUT2D eigenvalue weighted by molar-refractivity contribution is 7.89. The van der Waals surface area contributed by atoms with E-state index in [0.29, 0.717) is 30.6 Å². The number of piperazine rings is 1. The third-order valence-corrected chi connectivity index (χ3v) is 7.49. The van der Waals surface area contributed by atoms with Crippen molar-refractivity contribution in [1.82, 2.24) is 29.0 Å². The first-order valence-electron chi connectivity index (χ1n) is 10.9. The summed E-state index contributed by atoms with van der Waals surface area (Å²) >= 11 is 0. The molecule has 5 rings (SSSR count). The molecule has 0 N–H and O–H groups in total. The fourth-order valence-electron chi connectivity index (χ4n) is 3.66. The van der Waals surface area contributed by atoms with Crippen molar-refractivity contribution in [3.05, 3.63) is 78.6 Å². The van der Waals surface area contributed by atoms with E-state index in [1.807, 2.05) is 11.8 Å². The van der Waals surface area contributed by atoms with Crippen LogP contribution in [0.1, 0.15) is 5.56 Å². The van der Waals surface area contributed by atoms with E-state index < -0.39 is 10.0 Å². The van der Waals surface area contributed by atoms with E-state index in [1.54, 1.807) is 34.9 Å². The number of aryl methyl sites for hydroxylation is 1. The van der Waals surface area contributed by atoms with E-state index in [-0.39, 0.29) is 29.7 Å². The predicted octanol–water partition coefficient (Wildman–Crippen LogP) is 2.81. The molecule has 2 aromatic carbocycles. The lowest BCUT2D eigenvalue weighted by Crippen LogP contribution is -2.49. The predicted molar refractivity (Wildman–Crippen MR) is 126 cm³/mol. The van der Waals surface area contributed by atoms with Crippen LogP contribution in [0.2, 0.25) is 0 Å². The zero-order valence-electron chi connectivity index (χ0n) is 18.8. The molecule has 0 unspecified atom stereocenters. The van der Waals surface area contributed by atoms with Crippen molar-refractivity contribution in [2.24, 2.45) is 0 Å². The fraction of sp³-hybridized carbons (Fsp3) is 0.217. The van der Waals surface area contributed by atoms with Crippen LogP contribution in [0.15, 0.2) is 72.1 Å². The monoisotopic (exact) mass is 495 g/mol. The van der Waals surface area contributed by atoms with Crippen LogP contribution in [0.25, 0.3) is 5.82 Å². The number of halogens is 1. The van der Waals surface area contributed by atoms with Gasteiger partial charge in [0.15, 0.2) is 0 Å². The average Bonchev–Trinajstić information content (AvgIpc) is 3.41. The Morgan fingerprint density at radius 1 is 0.886 bits per heavy atom. The maximum atomic E-state index is 13.3. The van der Waals surface area contributed by atoms with Crippen molar-refractivity contribution in [2.75, 3.05) is 31.1 Å². The molecule has 12 heteroatoms. The molecule has 3 heterocycles. The van der Waals surface area contributed by atoms with Crippen molar-refractivity contribution in [3.8, 4) is 17.4 Å². The van der Waals surface area contributed by atoms with Crippen molar-refractivity contribution < 1.29 is 17.5 Å². The van der Waals surface area contributed by atoms with Crippen molar-refractivity contribution in [2.45, 2.75) is 11.8 Å². The van der Waals surface area contributed by atoms with Gasteiger partial charge in [0.25, 0.3) is 0 Å². The Hall–Kier alpha value is -3.90. The third kappa shape index (κ3) is 4.98. The Balaban J connectivity index is 1.38. The van der Waals surface area contributed by atoms with Crippen LogP contribution >= 0.6 is 0 Å². The molecule has 0 aliphatic carbocycles. The number of aromatic nitrogens is 5. The largest absolute Gasteiger partial charge is 0.439 e. The molecule has 0 bridgehead atoms. The minimum Gasteiger partial charge on any atom is -0.439 e. The maximum Gasteiger partial charge on any atom is 0.243 e. The molecule has 0 saturated carbocycles. The van der Waals surface area contributed by atoms with Gasteiger partial charge in [0.2, 0.25) is 21.9 Å². The molecule has 0 atom stereocenters. The van der Waals surface area contributed by atoms with Gasteiger partial charge in [0, 0.05) is 32.2 Å². The SMILES string of the molecule is Cc1ccc(S(=O)(=O)N2CCN(c3nc(Oc4ccc(F)cc4)cc(-n4cnnc4)n3)CC2)cc1. The first-order valence-corrected chi connectivity index (χ1v) is 12.3. The van der Waals surface area contributed by atoms with E-state index in [1.165, 1.54) is 41.2 Å². The Bertz CT molecular complexity index is 1400. The molecule has 0 radical (unpaired) electrons. The lowest BCUT2D eigenvalue weighted by Gasteiger charge is -2.34. The van der Waals surface area contributed by atoms with Crippen molar-refractivity contribution in [3.63, 3.8) is 0 Å². The van der Waals surface area contributed by atoms with Gasteiger partial charge in [-0.25, -0.2) is 12.8 Å². The summed E-state index contributed by atoms with van der Waals surface area (Å²) in [6.45, 7) is 3.27. The second-order valence-electron chi connectivity index (χ2n) is 7.99. The molecule has 4 aromatic rings. The van der Waals surface area contributed by atoms with Gasteiger partial charge < -0.3 is 9.64 Å². The van der Waals surface area contributed by atoms with Crippen molar-refractivity contribution >= 4 is 16.0 Å². The smallest absolute Gasteiger partial charge is 0.243 e. The van der Waals surface area contributed by atoms with E-state index in [0.717, 1.165) is 5.56 Å². The Kier molecular flexibility index (Phi) is 6.14. The molecule has 1 saturated heterocycles. The summed E-state index contributed by atoms with van der Waals surface area (Å²) < 4.78 is 48.3. The number of anilines is 1. The molecule has 10 nitrogen and oxygen atoms in total. The quantitative estimate of drug-likeness (QED) is 0.402. The summed E-state index contributed by atoms with van der Waals surface area (Å²) in [6.07, 6.45) is 3.00. The summed E-state index contributed by atoms with van der Waals surface area (Å²) in [5.41, 5.74) is 0.998. The minimum absolute atomic E-state index is 0.250. The summed E-state index contributed by atoms with van der Waals surface area (Å²) in [4.78, 5) is 11.3. The summed E-state index contributed by atoms with van der Waals surface area (Å²) in [7, 11) is -3.59. The first kappa shape index (κ1) is 22.9. The molecule has 1 aliphatic rings. The van der Waals surface area contributed by atoms with Crippen LogP contribution < -0.4 is 9.64 Å². The number of ether oxygens (including phenoxy) is 1. The number of hydrogen-bond donors (Lipinski definition) is 0. The Morgan fingerprint density at radius 3 is 2.20 bits per heavy atom. The van der Waals surface area contributed by atoms with Gasteiger partial charge in [-0.2, -0.15) is 14.3 Å². The molecule has 35 heavy (non-hydrogen) atoms. The van der Waals surface area contributed by atoms with Gasteiger partial charge in [0.05, 0.1) is 4.90 Å². The summed E-state index contributed by atoms with van der Waals surface area (Å²) in [6, 6.07) is 14.1. The number of sulfonamides is 1. The van der Waals surface area contributed by atoms with Gasteiger partial charge in [-0.1, -0.05) is 17.7 Å². The second-order valence-corrected chi connectivity index (χ2v) is 9.93. The lowest BCUT2D eigenvalue weighted by molar-refractivity contribution is 0.381. The second kappa shape index (κ2) is 9.39. The summed E-state index contributed by atoms with van der Waals surface area (Å²) in [5.74, 6) is 1.15. The van der Waals surface area contributed by atoms with Crippen LogP contribution in [-0.4, -0.2) is 63.6 Å². The molecular weight excluding hydrogens is 473 g/mol. The fourth-order valence-corrected chi connectivity index (χ4v) is 5.08. The number of benzene rings is 2. The van der Waals surface area contributed by atoms with Crippen LogP contribution in [0.4, 0.5) is 10.3 Å². The highest BCUT2D eigenvalue weighted by Gasteiger charge is 2.29. The first-order chi connectivity index (χ1) is 16.9. The molecule has 180 valence electrons. The number of rotatable bonds is 6. The summed E-state index contributed by atoms with van der Waals surface area (Å²) in [5, 5.41) is 7.64. The Labute approximate surface area is 201 Å². The molecule has 1 aliphatic heterocycles. The minimum atomic E-state index is -3.59. The van der Waals surface area contributed by atoms with Gasteiger partial charge in [0.1, 0.15) is 30.0 Å². The van der Waals surface area contributed by atoms with E-state index in [9.17, 15) is 12.8 Å². The zero-order valence-corrected chi connectivity index (χ0v) is 19.6. The normalized spacial score (nSPS) is 14.7. The highest BCUT2D eigenvalue weighted by atomic mass is 32.2. The molecule has 0 amide bonds. The van der Waals surface area contributed by atoms with E-state index in [2.05, 4.69) is 20.2 Å². The number of nitrogens with zero attached hydrogens (tertiary/aromatic N) is 7. The van der Waals surface area contributed by atoms with Crippen molar-refractivity contribution in [1.29, 1.82) is 0 Å². The van der Waals surface area contributed by atoms with Crippen LogP contribution in [0.3, 0.4) is 0 Å². The van der Waals surface area contributed by atoms with Gasteiger partial charge in [-0.05, 0) is 43.3 Å². The maximum absolute atomic E-state index is 13.3. The number of hydrogen-bond acceptors (Lipinski definition) is 8. The topological polar surface area (TPSA) is 106 Å². The highest BCUT2D eigenvalue weighted by Crippen LogP contribution is 2.26. The van der Waals surface area contributed by atoms with Gasteiger partial charge >= 0.3 is 0 Å². The molecule has 2 aromatic heterocycles. The lowest BCUT2D eigenvalue weighted by atomic mass is 10.2. The zero-order chi connectivity index (χ0) is 24.4. The van der Waals surface area contributed by atoms with Gasteiger partial charge in [-0.3, -0.25) is 4.57 Å². The van der Waals surface area contributed by atoms with E-state index in [4.69, 9.17) is 4.74 Å². The van der Waals surface area contributed by atoms with Crippen LogP contribution in [0.5, 0.6) is 11.6 Å². The average molecular weight is 496 g/mol. The van der Waals surface area contributed by atoms with Gasteiger partial charge in [-0.15, -0.1) is 10.2 Å². The molecule has 1 fully saturated rings. The van der Waals surface area contributed by atoms with Crippen LogP contribution in [0, 0.1) is 12.7 Å². The third-order valence-electron chi connectivity index (χ3n) is 5.58. The molecule has 0 spiro atoms. The van der Waals surface area contributed by atoms with E-state index >= 15 is 0 Å². The molecular formula is C23H22FN7O3S.